The van der Waals surface area contributed by atoms with Gasteiger partial charge in [-0.15, -0.1) is 0 Å². The third-order valence-electron chi connectivity index (χ3n) is 7.40. The molecule has 2 aromatic rings. The molecule has 2 aliphatic carbocycles. The minimum absolute atomic E-state index is 0.00419. The van der Waals surface area contributed by atoms with Gasteiger partial charge in [-0.3, -0.25) is 24.6 Å². The minimum atomic E-state index is -0.446. The maximum absolute atomic E-state index is 13.4. The number of imide groups is 1. The molecule has 0 N–H and O–H groups in total. The molecule has 6 atom stereocenters. The number of nitro benzene ring substituents is 1. The van der Waals surface area contributed by atoms with Gasteiger partial charge in [0.1, 0.15) is 11.9 Å². The summed E-state index contributed by atoms with van der Waals surface area (Å²) in [5.74, 6) is -0.729. The number of carbonyl (C=O) groups is 2. The SMILES string of the molecule is COc1ccc(N2C(=O)[C@H]3[C@@H]4C[C@H]([C@H]5C(c6ccc([N+](=O)[O-])cc6)=NO[C@H]45)[C@@H]3C2=O)cc1. The van der Waals surface area contributed by atoms with Crippen molar-refractivity contribution in [1.82, 2.24) is 0 Å². The summed E-state index contributed by atoms with van der Waals surface area (Å²) in [6.07, 6.45) is 0.490. The van der Waals surface area contributed by atoms with Gasteiger partial charge in [-0.2, -0.15) is 0 Å². The molecule has 3 fully saturated rings. The van der Waals surface area contributed by atoms with Crippen LogP contribution in [0, 0.1) is 39.7 Å². The van der Waals surface area contributed by atoms with Gasteiger partial charge in [-0.25, -0.2) is 0 Å². The summed E-state index contributed by atoms with van der Waals surface area (Å²) in [6.45, 7) is 0. The number of nitrogens with zero attached hydrogens (tertiary/aromatic N) is 3. The number of rotatable bonds is 4. The van der Waals surface area contributed by atoms with Gasteiger partial charge >= 0.3 is 0 Å². The van der Waals surface area contributed by atoms with Gasteiger partial charge in [0.15, 0.2) is 0 Å². The molecule has 0 aromatic heterocycles. The number of fused-ring (bicyclic) bond motifs is 8. The molecule has 9 heteroatoms. The molecule has 0 radical (unpaired) electrons. The van der Waals surface area contributed by atoms with E-state index in [2.05, 4.69) is 5.16 Å². The van der Waals surface area contributed by atoms with Crippen molar-refractivity contribution in [2.45, 2.75) is 12.5 Å². The van der Waals surface area contributed by atoms with E-state index in [9.17, 15) is 19.7 Å². The summed E-state index contributed by atoms with van der Waals surface area (Å²) >= 11 is 0. The monoisotopic (exact) mass is 433 g/mol. The first kappa shape index (κ1) is 19.0. The number of benzene rings is 2. The molecule has 2 heterocycles. The zero-order chi connectivity index (χ0) is 22.1. The van der Waals surface area contributed by atoms with Crippen LogP contribution in [0.4, 0.5) is 11.4 Å². The summed E-state index contributed by atoms with van der Waals surface area (Å²) in [5, 5.41) is 15.2. The van der Waals surface area contributed by atoms with Crippen molar-refractivity contribution in [3.05, 3.63) is 64.2 Å². The summed E-state index contributed by atoms with van der Waals surface area (Å²) in [7, 11) is 1.56. The maximum Gasteiger partial charge on any atom is 0.269 e. The van der Waals surface area contributed by atoms with Crippen molar-refractivity contribution in [3.8, 4) is 5.75 Å². The highest BCUT2D eigenvalue weighted by Gasteiger charge is 2.70. The van der Waals surface area contributed by atoms with Crippen molar-refractivity contribution in [2.24, 2.45) is 34.7 Å². The van der Waals surface area contributed by atoms with Gasteiger partial charge < -0.3 is 9.57 Å². The number of amides is 2. The first-order chi connectivity index (χ1) is 15.5. The Morgan fingerprint density at radius 1 is 1.00 bits per heavy atom. The zero-order valence-electron chi connectivity index (χ0n) is 17.1. The van der Waals surface area contributed by atoms with Crippen LogP contribution in [-0.4, -0.2) is 35.7 Å². The molecular formula is C23H19N3O6. The van der Waals surface area contributed by atoms with E-state index in [1.165, 1.54) is 17.0 Å². The van der Waals surface area contributed by atoms with E-state index >= 15 is 0 Å². The van der Waals surface area contributed by atoms with Gasteiger partial charge in [-0.05, 0) is 48.7 Å². The van der Waals surface area contributed by atoms with Crippen LogP contribution in [0.25, 0.3) is 0 Å². The first-order valence-electron chi connectivity index (χ1n) is 10.5. The lowest BCUT2D eigenvalue weighted by Gasteiger charge is -2.29. The van der Waals surface area contributed by atoms with E-state index in [0.29, 0.717) is 17.1 Å². The van der Waals surface area contributed by atoms with Crippen LogP contribution in [-0.2, 0) is 14.4 Å². The second-order valence-electron chi connectivity index (χ2n) is 8.70. The molecule has 2 amide bonds. The maximum atomic E-state index is 13.4. The Balaban J connectivity index is 1.30. The van der Waals surface area contributed by atoms with E-state index < -0.39 is 16.8 Å². The molecule has 2 bridgehead atoms. The highest BCUT2D eigenvalue weighted by Crippen LogP contribution is 2.62. The topological polar surface area (TPSA) is 111 Å². The second-order valence-corrected chi connectivity index (χ2v) is 8.70. The Bertz CT molecular complexity index is 1180. The fraction of sp³-hybridized carbons (Fsp3) is 0.348. The lowest BCUT2D eigenvalue weighted by Crippen LogP contribution is -2.41. The van der Waals surface area contributed by atoms with E-state index in [4.69, 9.17) is 9.57 Å². The molecule has 6 rings (SSSR count). The zero-order valence-corrected chi connectivity index (χ0v) is 17.1. The van der Waals surface area contributed by atoms with Crippen molar-refractivity contribution >= 4 is 28.9 Å². The van der Waals surface area contributed by atoms with Crippen LogP contribution in [0.5, 0.6) is 5.75 Å². The lowest BCUT2D eigenvalue weighted by atomic mass is 9.71. The van der Waals surface area contributed by atoms with Gasteiger partial charge in [0.25, 0.3) is 5.69 Å². The van der Waals surface area contributed by atoms with Gasteiger partial charge in [0.2, 0.25) is 11.8 Å². The predicted octanol–water partition coefficient (Wildman–Crippen LogP) is 2.78. The molecule has 4 aliphatic rings. The third kappa shape index (κ3) is 2.41. The standard InChI is InChI=1S/C23H19N3O6/c1-31-14-8-6-12(7-9-14)25-22(27)17-15-10-16(18(17)23(25)28)21-19(15)20(24-32-21)11-2-4-13(5-3-11)26(29)30/h2-9,15-19,21H,10H2,1H3/t15-,16-,17-,18-,19-,21+/m0/s1. The van der Waals surface area contributed by atoms with Gasteiger partial charge in [-0.1, -0.05) is 5.16 Å². The number of hydrogen-bond donors (Lipinski definition) is 0. The van der Waals surface area contributed by atoms with E-state index in [1.54, 1.807) is 43.5 Å². The number of ether oxygens (including phenoxy) is 1. The van der Waals surface area contributed by atoms with Gasteiger partial charge in [0.05, 0.1) is 35.3 Å². The van der Waals surface area contributed by atoms with E-state index in [-0.39, 0.29) is 41.4 Å². The number of nitro groups is 1. The summed E-state index contributed by atoms with van der Waals surface area (Å²) in [6, 6.07) is 13.1. The smallest absolute Gasteiger partial charge is 0.269 e. The van der Waals surface area contributed by atoms with Crippen LogP contribution in [0.1, 0.15) is 12.0 Å². The van der Waals surface area contributed by atoms with E-state index in [0.717, 1.165) is 12.0 Å². The Kier molecular flexibility index (Phi) is 3.93. The predicted molar refractivity (Wildman–Crippen MR) is 112 cm³/mol. The fourth-order valence-electron chi connectivity index (χ4n) is 6.10. The lowest BCUT2D eigenvalue weighted by molar-refractivity contribution is -0.384. The molecule has 2 aromatic carbocycles. The third-order valence-corrected chi connectivity index (χ3v) is 7.40. The number of methoxy groups -OCH3 is 1. The number of oxime groups is 1. The Morgan fingerprint density at radius 3 is 2.28 bits per heavy atom. The molecule has 9 nitrogen and oxygen atoms in total. The molecule has 2 aliphatic heterocycles. The average Bonchev–Trinajstić information content (AvgIpc) is 3.54. The molecule has 0 spiro atoms. The number of non-ortho nitro benzene ring substituents is 1. The highest BCUT2D eigenvalue weighted by atomic mass is 16.6. The quantitative estimate of drug-likeness (QED) is 0.416. The largest absolute Gasteiger partial charge is 0.497 e. The number of hydrogen-bond acceptors (Lipinski definition) is 7. The Labute approximate surface area is 182 Å². The van der Waals surface area contributed by atoms with Crippen LogP contribution >= 0.6 is 0 Å². The molecule has 0 unspecified atom stereocenters. The number of carbonyl (C=O) groups excluding carboxylic acids is 2. The highest BCUT2D eigenvalue weighted by molar-refractivity contribution is 6.23. The molecule has 162 valence electrons. The van der Waals surface area contributed by atoms with Crippen molar-refractivity contribution in [1.29, 1.82) is 0 Å². The molecule has 2 saturated carbocycles. The molecular weight excluding hydrogens is 414 g/mol. The van der Waals surface area contributed by atoms with Crippen LogP contribution in [0.3, 0.4) is 0 Å². The molecule has 1 saturated heterocycles. The minimum Gasteiger partial charge on any atom is -0.497 e. The Hall–Kier alpha value is -3.75. The Morgan fingerprint density at radius 2 is 1.66 bits per heavy atom. The summed E-state index contributed by atoms with van der Waals surface area (Å²) in [5.41, 5.74) is 2.00. The molecule has 32 heavy (non-hydrogen) atoms. The van der Waals surface area contributed by atoms with E-state index in [1.807, 2.05) is 0 Å². The van der Waals surface area contributed by atoms with Gasteiger partial charge in [0, 0.05) is 29.5 Å². The van der Waals surface area contributed by atoms with Crippen LogP contribution < -0.4 is 9.64 Å². The van der Waals surface area contributed by atoms with Crippen molar-refractivity contribution < 1.29 is 24.1 Å². The number of anilines is 1. The fourth-order valence-corrected chi connectivity index (χ4v) is 6.10. The summed E-state index contributed by atoms with van der Waals surface area (Å²) < 4.78 is 5.17. The second kappa shape index (κ2) is 6.62. The van der Waals surface area contributed by atoms with Crippen LogP contribution in [0.15, 0.2) is 53.7 Å². The van der Waals surface area contributed by atoms with Crippen LogP contribution in [0.2, 0.25) is 0 Å². The summed E-state index contributed by atoms with van der Waals surface area (Å²) in [4.78, 5) is 44.3. The average molecular weight is 433 g/mol. The normalized spacial score (nSPS) is 31.9. The van der Waals surface area contributed by atoms with Crippen molar-refractivity contribution in [3.63, 3.8) is 0 Å². The van der Waals surface area contributed by atoms with Crippen molar-refractivity contribution in [2.75, 3.05) is 12.0 Å². The first-order valence-corrected chi connectivity index (χ1v) is 10.5.